The third-order valence-corrected chi connectivity index (χ3v) is 2.50. The quantitative estimate of drug-likeness (QED) is 0.668. The molecule has 0 heterocycles. The summed E-state index contributed by atoms with van der Waals surface area (Å²) < 4.78 is 4.72. The van der Waals surface area contributed by atoms with Crippen LogP contribution in [0.15, 0.2) is 53.5 Å². The first-order valence-corrected chi connectivity index (χ1v) is 5.77. The van der Waals surface area contributed by atoms with E-state index in [1.807, 2.05) is 0 Å². The van der Waals surface area contributed by atoms with Crippen molar-refractivity contribution >= 4 is 24.3 Å². The van der Waals surface area contributed by atoms with E-state index in [0.717, 1.165) is 0 Å². The van der Waals surface area contributed by atoms with Crippen LogP contribution >= 0.6 is 0 Å². The number of rotatable bonds is 5. The zero-order chi connectivity index (χ0) is 14.4. The maximum Gasteiger partial charge on any atom is 0.335 e. The van der Waals surface area contributed by atoms with E-state index in [0.29, 0.717) is 23.5 Å². The van der Waals surface area contributed by atoms with Crippen LogP contribution in [0.25, 0.3) is 0 Å². The van der Waals surface area contributed by atoms with Crippen LogP contribution in [0.3, 0.4) is 0 Å². The maximum atomic E-state index is 10.8. The predicted octanol–water partition coefficient (Wildman–Crippen LogP) is 2.67. The average Bonchev–Trinajstić information content (AvgIpc) is 2.46. The highest BCUT2D eigenvalue weighted by Gasteiger charge is 2.01. The molecule has 100 valence electrons. The van der Waals surface area contributed by atoms with Crippen LogP contribution in [-0.2, 0) is 4.79 Å². The number of carbonyl (C=O) groups excluding carboxylic acids is 1. The number of hydrogen-bond donors (Lipinski definition) is 1. The molecule has 1 N–H and O–H groups in total. The van der Waals surface area contributed by atoms with Crippen molar-refractivity contribution in [1.29, 1.82) is 0 Å². The number of carbonyl (C=O) groups is 2. The van der Waals surface area contributed by atoms with Gasteiger partial charge in [-0.15, -0.1) is 0 Å². The molecule has 0 atom stereocenters. The second-order valence-electron chi connectivity index (χ2n) is 3.90. The first-order chi connectivity index (χ1) is 9.69. The Bertz CT molecular complexity index is 664. The number of carboxylic acid groups (broad SMARTS) is 1. The summed E-state index contributed by atoms with van der Waals surface area (Å²) in [6.45, 7) is 0.346. The fourth-order valence-corrected chi connectivity index (χ4v) is 1.59. The average molecular weight is 269 g/mol. The Balaban J connectivity index is 2.20. The van der Waals surface area contributed by atoms with E-state index in [2.05, 4.69) is 4.99 Å². The van der Waals surface area contributed by atoms with E-state index in [9.17, 15) is 9.59 Å². The van der Waals surface area contributed by atoms with E-state index < -0.39 is 5.97 Å². The highest BCUT2D eigenvalue weighted by atomic mass is 16.5. The van der Waals surface area contributed by atoms with Crippen LogP contribution in [0.2, 0.25) is 0 Å². The van der Waals surface area contributed by atoms with Crippen LogP contribution < -0.4 is 4.74 Å². The topological polar surface area (TPSA) is 76.0 Å². The Hall–Kier alpha value is -2.95. The number of nitrogens with zero attached hydrogens (tertiary/aromatic N) is 1. The molecule has 0 aliphatic heterocycles. The summed E-state index contributed by atoms with van der Waals surface area (Å²) >= 11 is 0. The van der Waals surface area contributed by atoms with Gasteiger partial charge in [-0.25, -0.2) is 4.79 Å². The van der Waals surface area contributed by atoms with Crippen LogP contribution in [0.5, 0.6) is 5.75 Å². The lowest BCUT2D eigenvalue weighted by Crippen LogP contribution is -1.96. The highest BCUT2D eigenvalue weighted by molar-refractivity contribution is 5.91. The highest BCUT2D eigenvalue weighted by Crippen LogP contribution is 2.19. The molecule has 5 nitrogen and oxygen atoms in total. The summed E-state index contributed by atoms with van der Waals surface area (Å²) in [5, 5.41) is 8.90. The van der Waals surface area contributed by atoms with Gasteiger partial charge in [0.15, 0.2) is 0 Å². The Morgan fingerprint density at radius 2 is 1.95 bits per heavy atom. The van der Waals surface area contributed by atoms with Gasteiger partial charge in [-0.2, -0.15) is 0 Å². The van der Waals surface area contributed by atoms with Crippen molar-refractivity contribution in [2.75, 3.05) is 0 Å². The molecule has 0 spiro atoms. The number of hydrogen-bond acceptors (Lipinski definition) is 4. The van der Waals surface area contributed by atoms with Crippen molar-refractivity contribution < 1.29 is 19.4 Å². The van der Waals surface area contributed by atoms with Crippen LogP contribution in [0.1, 0.15) is 15.9 Å². The minimum atomic E-state index is -0.985. The van der Waals surface area contributed by atoms with Crippen LogP contribution in [0, 0.1) is 0 Å². The molecule has 2 rings (SSSR count). The van der Waals surface area contributed by atoms with E-state index in [4.69, 9.17) is 9.84 Å². The molecule has 5 heteroatoms. The second kappa shape index (κ2) is 6.29. The zero-order valence-electron chi connectivity index (χ0n) is 10.4. The van der Waals surface area contributed by atoms with Crippen LogP contribution in [0.4, 0.5) is 5.69 Å². The maximum absolute atomic E-state index is 10.8. The number of benzene rings is 2. The second-order valence-corrected chi connectivity index (χ2v) is 3.90. The van der Waals surface area contributed by atoms with Gasteiger partial charge in [-0.1, -0.05) is 18.2 Å². The molecule has 0 radical (unpaired) electrons. The molecule has 0 unspecified atom stereocenters. The first kappa shape index (κ1) is 13.5. The van der Waals surface area contributed by atoms with Crippen molar-refractivity contribution in [3.8, 4) is 5.75 Å². The summed E-state index contributed by atoms with van der Waals surface area (Å²) in [4.78, 5) is 25.3. The monoisotopic (exact) mass is 269 g/mol. The van der Waals surface area contributed by atoms with Gasteiger partial charge in [0.05, 0.1) is 11.3 Å². The molecular weight excluding hydrogens is 258 g/mol. The standard InChI is InChI=1S/C15H11NO4/c17-10-20-14-6-2-5-13(8-14)16-9-11-3-1-4-12(7-11)15(18)19/h1-10H,(H,18,19). The summed E-state index contributed by atoms with van der Waals surface area (Å²) in [7, 11) is 0. The minimum Gasteiger partial charge on any atom is -0.478 e. The van der Waals surface area contributed by atoms with E-state index in [-0.39, 0.29) is 5.56 Å². The number of aliphatic imine (C=N–C) groups is 1. The SMILES string of the molecule is O=COc1cccc(N=Cc2cccc(C(=O)O)c2)c1. The molecule has 0 aromatic heterocycles. The molecule has 0 saturated carbocycles. The van der Waals surface area contributed by atoms with Crippen molar-refractivity contribution in [2.45, 2.75) is 0 Å². The summed E-state index contributed by atoms with van der Waals surface area (Å²) in [6, 6.07) is 13.1. The molecule has 2 aromatic rings. The molecule has 2 aromatic carbocycles. The molecule has 0 aliphatic rings. The van der Waals surface area contributed by atoms with Crippen molar-refractivity contribution in [3.05, 3.63) is 59.7 Å². The summed E-state index contributed by atoms with van der Waals surface area (Å²) in [5.41, 5.74) is 1.48. The largest absolute Gasteiger partial charge is 0.478 e. The fourth-order valence-electron chi connectivity index (χ4n) is 1.59. The van der Waals surface area contributed by atoms with Gasteiger partial charge >= 0.3 is 5.97 Å². The minimum absolute atomic E-state index is 0.201. The Morgan fingerprint density at radius 3 is 2.70 bits per heavy atom. The van der Waals surface area contributed by atoms with Crippen molar-refractivity contribution in [1.82, 2.24) is 0 Å². The molecule has 20 heavy (non-hydrogen) atoms. The zero-order valence-corrected chi connectivity index (χ0v) is 10.4. The van der Waals surface area contributed by atoms with Gasteiger partial charge in [-0.3, -0.25) is 9.79 Å². The third-order valence-electron chi connectivity index (χ3n) is 2.50. The summed E-state index contributed by atoms with van der Waals surface area (Å²) in [6.07, 6.45) is 1.55. The van der Waals surface area contributed by atoms with Gasteiger partial charge in [0.1, 0.15) is 5.75 Å². The predicted molar refractivity (Wildman–Crippen MR) is 73.8 cm³/mol. The molecule has 0 fully saturated rings. The molecular formula is C15H11NO4. The lowest BCUT2D eigenvalue weighted by molar-refractivity contribution is -0.120. The van der Waals surface area contributed by atoms with Gasteiger partial charge in [0.25, 0.3) is 6.47 Å². The fraction of sp³-hybridized carbons (Fsp3) is 0. The van der Waals surface area contributed by atoms with Crippen LogP contribution in [-0.4, -0.2) is 23.8 Å². The Morgan fingerprint density at radius 1 is 1.15 bits per heavy atom. The van der Waals surface area contributed by atoms with E-state index >= 15 is 0 Å². The van der Waals surface area contributed by atoms with Gasteiger partial charge in [0.2, 0.25) is 0 Å². The summed E-state index contributed by atoms with van der Waals surface area (Å²) in [5.74, 6) is -0.587. The Kier molecular flexibility index (Phi) is 4.24. The molecule has 0 saturated heterocycles. The van der Waals surface area contributed by atoms with Crippen molar-refractivity contribution in [2.24, 2.45) is 4.99 Å². The number of aromatic carboxylic acids is 1. The van der Waals surface area contributed by atoms with E-state index in [1.165, 1.54) is 12.1 Å². The van der Waals surface area contributed by atoms with Crippen molar-refractivity contribution in [3.63, 3.8) is 0 Å². The molecule has 0 amide bonds. The molecule has 0 bridgehead atoms. The van der Waals surface area contributed by atoms with Gasteiger partial charge in [0, 0.05) is 12.3 Å². The third kappa shape index (κ3) is 3.52. The Labute approximate surface area is 115 Å². The number of carboxylic acids is 1. The lowest BCUT2D eigenvalue weighted by Gasteiger charge is -1.99. The van der Waals surface area contributed by atoms with E-state index in [1.54, 1.807) is 42.6 Å². The van der Waals surface area contributed by atoms with Gasteiger partial charge < -0.3 is 9.84 Å². The molecule has 0 aliphatic carbocycles. The first-order valence-electron chi connectivity index (χ1n) is 5.77. The smallest absolute Gasteiger partial charge is 0.335 e. The number of ether oxygens (including phenoxy) is 1. The normalized spacial score (nSPS) is 10.4. The van der Waals surface area contributed by atoms with Gasteiger partial charge in [-0.05, 0) is 29.8 Å². The lowest BCUT2D eigenvalue weighted by atomic mass is 10.1.